The monoisotopic (exact) mass is 546 g/mol. The second-order valence-corrected chi connectivity index (χ2v) is 9.98. The molecule has 1 aliphatic rings. The molecule has 1 saturated heterocycles. The van der Waals surface area contributed by atoms with Crippen molar-refractivity contribution in [3.05, 3.63) is 92.6 Å². The summed E-state index contributed by atoms with van der Waals surface area (Å²) in [7, 11) is 0. The number of ether oxygens (including phenoxy) is 1. The Morgan fingerprint density at radius 3 is 2.69 bits per heavy atom. The number of rotatable bonds is 6. The van der Waals surface area contributed by atoms with E-state index in [4.69, 9.17) is 40.2 Å². The van der Waals surface area contributed by atoms with Crippen LogP contribution in [0.2, 0.25) is 10.0 Å². The molecule has 1 aliphatic heterocycles. The van der Waals surface area contributed by atoms with E-state index in [2.05, 4.69) is 5.32 Å². The van der Waals surface area contributed by atoms with E-state index in [-0.39, 0.29) is 17.5 Å². The average Bonchev–Trinajstić information content (AvgIpc) is 3.09. The Labute approximate surface area is 220 Å². The number of aryl methyl sites for hydroxylation is 1. The molecule has 0 radical (unpaired) electrons. The molecular formula is C25H17Cl2FN2O3S2. The highest BCUT2D eigenvalue weighted by atomic mass is 35.5. The van der Waals surface area contributed by atoms with Gasteiger partial charge in [-0.25, -0.2) is 4.39 Å². The van der Waals surface area contributed by atoms with Gasteiger partial charge in [0.15, 0.2) is 10.9 Å². The number of thioether (sulfide) groups is 1. The fourth-order valence-corrected chi connectivity index (χ4v) is 4.83. The van der Waals surface area contributed by atoms with Crippen molar-refractivity contribution in [2.24, 2.45) is 0 Å². The fraction of sp³-hybridized carbons (Fsp3) is 0.0800. The van der Waals surface area contributed by atoms with Crippen molar-refractivity contribution < 1.29 is 18.7 Å². The highest BCUT2D eigenvalue weighted by molar-refractivity contribution is 8.27. The number of halogens is 3. The Morgan fingerprint density at radius 1 is 1.14 bits per heavy atom. The van der Waals surface area contributed by atoms with E-state index >= 15 is 0 Å². The third kappa shape index (κ3) is 6.02. The molecule has 3 aromatic carbocycles. The van der Waals surface area contributed by atoms with Gasteiger partial charge in [-0.2, -0.15) is 0 Å². The number of anilines is 2. The third-order valence-electron chi connectivity index (χ3n) is 4.94. The molecule has 1 fully saturated rings. The molecule has 4 rings (SSSR count). The van der Waals surface area contributed by atoms with Gasteiger partial charge in [-0.15, -0.1) is 0 Å². The SMILES string of the molecule is Cc1ccc(N2C(=O)/C(=C/c3cccc(OCC(=O)Nc4ccc(F)c(Cl)c4)c3)SC2=S)cc1Cl. The minimum Gasteiger partial charge on any atom is -0.484 e. The topological polar surface area (TPSA) is 58.6 Å². The van der Waals surface area contributed by atoms with Crippen LogP contribution in [0.3, 0.4) is 0 Å². The van der Waals surface area contributed by atoms with Crippen molar-refractivity contribution in [2.75, 3.05) is 16.8 Å². The zero-order valence-electron chi connectivity index (χ0n) is 18.2. The lowest BCUT2D eigenvalue weighted by Crippen LogP contribution is -2.27. The Bertz CT molecular complexity index is 1380. The molecule has 35 heavy (non-hydrogen) atoms. The summed E-state index contributed by atoms with van der Waals surface area (Å²) in [5.74, 6) is -0.816. The zero-order valence-corrected chi connectivity index (χ0v) is 21.3. The van der Waals surface area contributed by atoms with Gasteiger partial charge in [-0.05, 0) is 66.6 Å². The van der Waals surface area contributed by atoms with Crippen LogP contribution in [0.4, 0.5) is 15.8 Å². The first-order valence-corrected chi connectivity index (χ1v) is 12.2. The summed E-state index contributed by atoms with van der Waals surface area (Å²) in [6.07, 6.45) is 1.71. The molecule has 0 aromatic heterocycles. The molecule has 0 spiro atoms. The van der Waals surface area contributed by atoms with Crippen molar-refractivity contribution in [3.8, 4) is 5.75 Å². The van der Waals surface area contributed by atoms with Crippen molar-refractivity contribution >= 4 is 80.8 Å². The number of carbonyl (C=O) groups excluding carboxylic acids is 2. The maximum atomic E-state index is 13.3. The second kappa shape index (κ2) is 10.8. The van der Waals surface area contributed by atoms with Gasteiger partial charge >= 0.3 is 0 Å². The zero-order chi connectivity index (χ0) is 25.1. The molecule has 10 heteroatoms. The van der Waals surface area contributed by atoms with Crippen molar-refractivity contribution in [3.63, 3.8) is 0 Å². The van der Waals surface area contributed by atoms with Crippen LogP contribution in [0.15, 0.2) is 65.6 Å². The predicted molar refractivity (Wildman–Crippen MR) is 144 cm³/mol. The first-order chi connectivity index (χ1) is 16.7. The molecule has 178 valence electrons. The van der Waals surface area contributed by atoms with Crippen LogP contribution in [0.25, 0.3) is 6.08 Å². The minimum atomic E-state index is -0.572. The summed E-state index contributed by atoms with van der Waals surface area (Å²) < 4.78 is 19.2. The molecule has 3 aromatic rings. The lowest BCUT2D eigenvalue weighted by molar-refractivity contribution is -0.118. The Morgan fingerprint density at radius 2 is 1.94 bits per heavy atom. The summed E-state index contributed by atoms with van der Waals surface area (Å²) in [5, 5.41) is 3.05. The van der Waals surface area contributed by atoms with E-state index < -0.39 is 11.7 Å². The summed E-state index contributed by atoms with van der Waals surface area (Å²) in [5.41, 5.74) is 2.58. The quantitative estimate of drug-likeness (QED) is 0.270. The fourth-order valence-electron chi connectivity index (χ4n) is 3.18. The number of amides is 2. The van der Waals surface area contributed by atoms with Crippen LogP contribution in [-0.2, 0) is 9.59 Å². The van der Waals surface area contributed by atoms with Crippen LogP contribution in [-0.4, -0.2) is 22.7 Å². The molecule has 0 bridgehead atoms. The maximum absolute atomic E-state index is 13.3. The standard InChI is InChI=1S/C25H17Cl2FN2O3S2/c1-14-5-7-17(12-19(14)26)30-24(32)22(35-25(30)34)10-15-3-2-4-18(9-15)33-13-23(31)29-16-6-8-21(28)20(27)11-16/h2-12H,13H2,1H3,(H,29,31)/b22-10-. The van der Waals surface area contributed by atoms with E-state index in [1.54, 1.807) is 36.4 Å². The molecule has 0 saturated carbocycles. The molecule has 1 N–H and O–H groups in total. The van der Waals surface area contributed by atoms with E-state index in [0.717, 1.165) is 5.56 Å². The van der Waals surface area contributed by atoms with Crippen LogP contribution < -0.4 is 15.0 Å². The molecule has 0 unspecified atom stereocenters. The van der Waals surface area contributed by atoms with Gasteiger partial charge in [0, 0.05) is 10.7 Å². The van der Waals surface area contributed by atoms with Gasteiger partial charge in [0.25, 0.3) is 11.8 Å². The van der Waals surface area contributed by atoms with Gasteiger partial charge in [-0.1, -0.05) is 65.4 Å². The van der Waals surface area contributed by atoms with Crippen LogP contribution in [0.1, 0.15) is 11.1 Å². The number of thiocarbonyl (C=S) groups is 1. The first-order valence-electron chi connectivity index (χ1n) is 10.2. The molecule has 5 nitrogen and oxygen atoms in total. The molecule has 1 heterocycles. The minimum absolute atomic E-state index is 0.0905. The number of benzene rings is 3. The van der Waals surface area contributed by atoms with Crippen molar-refractivity contribution in [1.29, 1.82) is 0 Å². The number of hydrogen-bond acceptors (Lipinski definition) is 5. The number of hydrogen-bond donors (Lipinski definition) is 1. The van der Waals surface area contributed by atoms with Crippen LogP contribution in [0, 0.1) is 12.7 Å². The van der Waals surface area contributed by atoms with Crippen LogP contribution in [0.5, 0.6) is 5.75 Å². The Kier molecular flexibility index (Phi) is 7.76. The molecule has 0 atom stereocenters. The van der Waals surface area contributed by atoms with E-state index in [1.165, 1.54) is 34.9 Å². The number of nitrogens with zero attached hydrogens (tertiary/aromatic N) is 1. The summed E-state index contributed by atoms with van der Waals surface area (Å²) in [4.78, 5) is 27.1. The Balaban J connectivity index is 1.43. The lowest BCUT2D eigenvalue weighted by Gasteiger charge is -2.15. The largest absolute Gasteiger partial charge is 0.484 e. The van der Waals surface area contributed by atoms with E-state index in [9.17, 15) is 14.0 Å². The van der Waals surface area contributed by atoms with Gasteiger partial charge in [0.1, 0.15) is 11.6 Å². The average molecular weight is 547 g/mol. The maximum Gasteiger partial charge on any atom is 0.270 e. The number of carbonyl (C=O) groups is 2. The van der Waals surface area contributed by atoms with Gasteiger partial charge in [-0.3, -0.25) is 14.5 Å². The highest BCUT2D eigenvalue weighted by Crippen LogP contribution is 2.37. The smallest absolute Gasteiger partial charge is 0.270 e. The predicted octanol–water partition coefficient (Wildman–Crippen LogP) is 6.86. The lowest BCUT2D eigenvalue weighted by atomic mass is 10.2. The number of nitrogens with one attached hydrogen (secondary N) is 1. The summed E-state index contributed by atoms with van der Waals surface area (Å²) in [6, 6.07) is 16.2. The summed E-state index contributed by atoms with van der Waals surface area (Å²) in [6.45, 7) is 1.61. The second-order valence-electron chi connectivity index (χ2n) is 7.49. The van der Waals surface area contributed by atoms with Crippen molar-refractivity contribution in [1.82, 2.24) is 0 Å². The van der Waals surface area contributed by atoms with Crippen molar-refractivity contribution in [2.45, 2.75) is 6.92 Å². The van der Waals surface area contributed by atoms with Gasteiger partial charge in [0.2, 0.25) is 0 Å². The molecular weight excluding hydrogens is 530 g/mol. The first kappa shape index (κ1) is 25.2. The van der Waals surface area contributed by atoms with Gasteiger partial charge in [0.05, 0.1) is 15.6 Å². The third-order valence-corrected chi connectivity index (χ3v) is 6.94. The Hall–Kier alpha value is -2.91. The molecule has 2 amide bonds. The summed E-state index contributed by atoms with van der Waals surface area (Å²) >= 11 is 18.6. The normalized spacial score (nSPS) is 14.5. The highest BCUT2D eigenvalue weighted by Gasteiger charge is 2.33. The molecule has 0 aliphatic carbocycles. The van der Waals surface area contributed by atoms with Gasteiger partial charge < -0.3 is 10.1 Å². The van der Waals surface area contributed by atoms with E-state index in [0.29, 0.717) is 36.9 Å². The van der Waals surface area contributed by atoms with E-state index in [1.807, 2.05) is 19.1 Å². The van der Waals surface area contributed by atoms with Crippen LogP contribution >= 0.6 is 47.2 Å².